The molecule has 3 heterocycles. The maximum Gasteiger partial charge on any atom is 0.255 e. The summed E-state index contributed by atoms with van der Waals surface area (Å²) in [6.45, 7) is 3.54. The van der Waals surface area contributed by atoms with Crippen molar-refractivity contribution in [3.05, 3.63) is 53.7 Å². The van der Waals surface area contributed by atoms with Crippen molar-refractivity contribution in [1.82, 2.24) is 14.2 Å². The number of hydrogen-bond donors (Lipinski definition) is 1. The fourth-order valence-corrected chi connectivity index (χ4v) is 6.20. The highest BCUT2D eigenvalue weighted by atomic mass is 32.2. The highest BCUT2D eigenvalue weighted by Crippen LogP contribution is 2.26. The molecule has 1 aromatic carbocycles. The molecule has 4 rings (SSSR count). The van der Waals surface area contributed by atoms with Crippen LogP contribution < -0.4 is 5.32 Å². The van der Waals surface area contributed by atoms with Crippen LogP contribution in [0.4, 0.5) is 5.82 Å². The lowest BCUT2D eigenvalue weighted by molar-refractivity contribution is -0.121. The average molecular weight is 471 g/mol. The molecule has 2 aromatic rings. The Kier molecular flexibility index (Phi) is 7.09. The van der Waals surface area contributed by atoms with Gasteiger partial charge in [0, 0.05) is 31.9 Å². The van der Waals surface area contributed by atoms with Crippen LogP contribution in [-0.4, -0.2) is 60.6 Å². The van der Waals surface area contributed by atoms with E-state index in [9.17, 15) is 18.0 Å². The van der Waals surface area contributed by atoms with E-state index in [1.165, 1.54) is 10.4 Å². The first-order valence-corrected chi connectivity index (χ1v) is 12.9. The Balaban J connectivity index is 1.51. The summed E-state index contributed by atoms with van der Waals surface area (Å²) < 4.78 is 28.0. The number of carbonyl (C=O) groups excluding carboxylic acids is 2. The Morgan fingerprint density at radius 1 is 0.970 bits per heavy atom. The van der Waals surface area contributed by atoms with Crippen LogP contribution in [-0.2, 0) is 14.8 Å². The number of benzene rings is 1. The van der Waals surface area contributed by atoms with E-state index >= 15 is 0 Å². The number of carbonyl (C=O) groups is 2. The molecule has 1 aromatic heterocycles. The van der Waals surface area contributed by atoms with Gasteiger partial charge in [-0.05, 0) is 56.9 Å². The normalized spacial score (nSPS) is 19.8. The molecule has 2 aliphatic heterocycles. The molecule has 176 valence electrons. The summed E-state index contributed by atoms with van der Waals surface area (Å²) in [6.07, 6.45) is 4.01. The number of pyridine rings is 1. The topological polar surface area (TPSA) is 99.7 Å². The minimum Gasteiger partial charge on any atom is -0.338 e. The van der Waals surface area contributed by atoms with Crippen LogP contribution >= 0.6 is 0 Å². The maximum atomic E-state index is 13.4. The van der Waals surface area contributed by atoms with E-state index in [-0.39, 0.29) is 34.7 Å². The second-order valence-electron chi connectivity index (χ2n) is 8.70. The average Bonchev–Trinajstić information content (AvgIpc) is 2.84. The molecule has 2 amide bonds. The lowest BCUT2D eigenvalue weighted by Crippen LogP contribution is -2.44. The number of piperidine rings is 2. The second-order valence-corrected chi connectivity index (χ2v) is 10.6. The molecule has 1 N–H and O–H groups in total. The molecule has 0 bridgehead atoms. The van der Waals surface area contributed by atoms with Gasteiger partial charge in [-0.25, -0.2) is 13.4 Å². The minimum absolute atomic E-state index is 0.0486. The van der Waals surface area contributed by atoms with Gasteiger partial charge in [-0.1, -0.05) is 24.6 Å². The molecule has 33 heavy (non-hydrogen) atoms. The third-order valence-electron chi connectivity index (χ3n) is 6.27. The molecule has 2 saturated heterocycles. The van der Waals surface area contributed by atoms with Crippen LogP contribution in [0.15, 0.2) is 47.4 Å². The van der Waals surface area contributed by atoms with Crippen molar-refractivity contribution in [3.63, 3.8) is 0 Å². The number of hydrogen-bond acceptors (Lipinski definition) is 5. The summed E-state index contributed by atoms with van der Waals surface area (Å²) in [7, 11) is -3.75. The maximum absolute atomic E-state index is 13.4. The Bertz CT molecular complexity index is 1130. The highest BCUT2D eigenvalue weighted by Gasteiger charge is 2.34. The van der Waals surface area contributed by atoms with Gasteiger partial charge < -0.3 is 10.2 Å². The van der Waals surface area contributed by atoms with Crippen LogP contribution in [0.25, 0.3) is 0 Å². The Hall–Kier alpha value is -2.78. The van der Waals surface area contributed by atoms with Crippen LogP contribution in [0.2, 0.25) is 0 Å². The van der Waals surface area contributed by atoms with E-state index in [1.54, 1.807) is 29.2 Å². The van der Waals surface area contributed by atoms with Crippen LogP contribution in [0.3, 0.4) is 0 Å². The van der Waals surface area contributed by atoms with E-state index < -0.39 is 10.0 Å². The lowest BCUT2D eigenvalue weighted by atomic mass is 9.96. The fraction of sp³-hybridized carbons (Fsp3) is 0.458. The molecule has 1 unspecified atom stereocenters. The van der Waals surface area contributed by atoms with Gasteiger partial charge in [0.05, 0.1) is 16.4 Å². The second kappa shape index (κ2) is 10.0. The molecule has 8 nitrogen and oxygen atoms in total. The number of amides is 2. The van der Waals surface area contributed by atoms with Gasteiger partial charge in [0.2, 0.25) is 15.9 Å². The SMILES string of the molecule is Cc1cccc(NC(=O)C2CCCN(C(=O)c3ccccc3S(=O)(=O)N3CCCCC3)C2)n1. The van der Waals surface area contributed by atoms with Gasteiger partial charge in [-0.2, -0.15) is 4.31 Å². The Morgan fingerprint density at radius 2 is 1.73 bits per heavy atom. The number of aromatic nitrogens is 1. The molecule has 1 atom stereocenters. The van der Waals surface area contributed by atoms with Crippen molar-refractivity contribution in [3.8, 4) is 0 Å². The van der Waals surface area contributed by atoms with Crippen molar-refractivity contribution < 1.29 is 18.0 Å². The number of aryl methyl sites for hydroxylation is 1. The van der Waals surface area contributed by atoms with Crippen molar-refractivity contribution in [2.24, 2.45) is 5.92 Å². The van der Waals surface area contributed by atoms with Gasteiger partial charge in [0.15, 0.2) is 0 Å². The molecule has 0 spiro atoms. The smallest absolute Gasteiger partial charge is 0.255 e. The van der Waals surface area contributed by atoms with Crippen molar-refractivity contribution in [2.45, 2.75) is 43.9 Å². The van der Waals surface area contributed by atoms with E-state index in [0.717, 1.165) is 25.0 Å². The number of sulfonamides is 1. The summed E-state index contributed by atoms with van der Waals surface area (Å²) in [6, 6.07) is 11.8. The highest BCUT2D eigenvalue weighted by molar-refractivity contribution is 7.89. The summed E-state index contributed by atoms with van der Waals surface area (Å²) in [4.78, 5) is 32.2. The predicted molar refractivity (Wildman–Crippen MR) is 125 cm³/mol. The number of nitrogens with one attached hydrogen (secondary N) is 1. The molecule has 0 saturated carbocycles. The van der Waals surface area contributed by atoms with Gasteiger partial charge in [-0.3, -0.25) is 9.59 Å². The Labute approximate surface area is 195 Å². The molecule has 0 aliphatic carbocycles. The number of anilines is 1. The summed E-state index contributed by atoms with van der Waals surface area (Å²) in [5.74, 6) is -0.422. The first-order valence-electron chi connectivity index (χ1n) is 11.5. The monoisotopic (exact) mass is 470 g/mol. The van der Waals surface area contributed by atoms with E-state index in [1.807, 2.05) is 19.1 Å². The standard InChI is InChI=1S/C24H30N4O4S/c1-18-9-7-13-22(25-18)26-23(29)19-10-8-14-27(17-19)24(30)20-11-3-4-12-21(20)33(31,32)28-15-5-2-6-16-28/h3-4,7,9,11-13,19H,2,5-6,8,10,14-17H2,1H3,(H,25,26,29). The minimum atomic E-state index is -3.75. The summed E-state index contributed by atoms with van der Waals surface area (Å²) >= 11 is 0. The van der Waals surface area contributed by atoms with Crippen molar-refractivity contribution >= 4 is 27.7 Å². The number of rotatable bonds is 5. The zero-order valence-corrected chi connectivity index (χ0v) is 19.7. The first-order chi connectivity index (χ1) is 15.9. The number of likely N-dealkylation sites (tertiary alicyclic amines) is 1. The molecular weight excluding hydrogens is 440 g/mol. The van der Waals surface area contributed by atoms with Gasteiger partial charge in [-0.15, -0.1) is 0 Å². The van der Waals surface area contributed by atoms with Crippen molar-refractivity contribution in [1.29, 1.82) is 0 Å². The lowest BCUT2D eigenvalue weighted by Gasteiger charge is -2.33. The summed E-state index contributed by atoms with van der Waals surface area (Å²) in [5, 5.41) is 2.84. The van der Waals surface area contributed by atoms with Gasteiger partial charge >= 0.3 is 0 Å². The molecule has 0 radical (unpaired) electrons. The van der Waals surface area contributed by atoms with Crippen LogP contribution in [0, 0.1) is 12.8 Å². The van der Waals surface area contributed by atoms with Crippen LogP contribution in [0.5, 0.6) is 0 Å². The quantitative estimate of drug-likeness (QED) is 0.724. The van der Waals surface area contributed by atoms with Gasteiger partial charge in [0.25, 0.3) is 5.91 Å². The fourth-order valence-electron chi connectivity index (χ4n) is 4.50. The molecule has 2 fully saturated rings. The van der Waals surface area contributed by atoms with Crippen LogP contribution in [0.1, 0.15) is 48.2 Å². The molecule has 9 heteroatoms. The predicted octanol–water partition coefficient (Wildman–Crippen LogP) is 3.06. The third-order valence-corrected chi connectivity index (χ3v) is 8.23. The molecule has 2 aliphatic rings. The van der Waals surface area contributed by atoms with Gasteiger partial charge in [0.1, 0.15) is 5.82 Å². The zero-order chi connectivity index (χ0) is 23.4. The summed E-state index contributed by atoms with van der Waals surface area (Å²) in [5.41, 5.74) is 0.976. The van der Waals surface area contributed by atoms with E-state index in [0.29, 0.717) is 38.3 Å². The van der Waals surface area contributed by atoms with E-state index in [4.69, 9.17) is 0 Å². The third kappa shape index (κ3) is 5.25. The number of nitrogens with zero attached hydrogens (tertiary/aromatic N) is 3. The molecular formula is C24H30N4O4S. The zero-order valence-electron chi connectivity index (χ0n) is 18.9. The Morgan fingerprint density at radius 3 is 2.48 bits per heavy atom. The largest absolute Gasteiger partial charge is 0.338 e. The van der Waals surface area contributed by atoms with Crippen molar-refractivity contribution in [2.75, 3.05) is 31.5 Å². The van der Waals surface area contributed by atoms with E-state index in [2.05, 4.69) is 10.3 Å². The first kappa shape index (κ1) is 23.4.